The Balaban J connectivity index is 1.83. The number of morpholine rings is 1. The molecule has 0 radical (unpaired) electrons. The fourth-order valence-corrected chi connectivity index (χ4v) is 6.40. The van der Waals surface area contributed by atoms with Gasteiger partial charge in [-0.25, -0.2) is 13.4 Å². The molecule has 7 nitrogen and oxygen atoms in total. The zero-order chi connectivity index (χ0) is 21.5. The van der Waals surface area contributed by atoms with Crippen LogP contribution in [-0.2, 0) is 14.6 Å². The molecule has 1 aliphatic heterocycles. The van der Waals surface area contributed by atoms with E-state index in [0.29, 0.717) is 13.2 Å². The Kier molecular flexibility index (Phi) is 6.00. The predicted molar refractivity (Wildman–Crippen MR) is 119 cm³/mol. The lowest BCUT2D eigenvalue weighted by molar-refractivity contribution is 0.122. The summed E-state index contributed by atoms with van der Waals surface area (Å²) >= 11 is 7.75. The van der Waals surface area contributed by atoms with Crippen molar-refractivity contribution in [3.8, 4) is 10.4 Å². The summed E-state index contributed by atoms with van der Waals surface area (Å²) in [5, 5.41) is 9.72. The van der Waals surface area contributed by atoms with E-state index in [1.165, 1.54) is 18.3 Å². The van der Waals surface area contributed by atoms with E-state index in [1.54, 1.807) is 18.2 Å². The summed E-state index contributed by atoms with van der Waals surface area (Å²) in [6.07, 6.45) is -0.932. The van der Waals surface area contributed by atoms with Crippen LogP contribution in [-0.4, -0.2) is 61.7 Å². The molecule has 2 aromatic heterocycles. The molecule has 30 heavy (non-hydrogen) atoms. The number of aromatic nitrogens is 2. The number of anilines is 1. The highest BCUT2D eigenvalue weighted by Crippen LogP contribution is 2.42. The molecule has 1 aliphatic rings. The van der Waals surface area contributed by atoms with Crippen LogP contribution in [0.15, 0.2) is 29.2 Å². The molecule has 0 aliphatic carbocycles. The second-order valence-electron chi connectivity index (χ2n) is 7.31. The summed E-state index contributed by atoms with van der Waals surface area (Å²) in [6, 6.07) is 6.80. The third-order valence-electron chi connectivity index (χ3n) is 4.95. The molecule has 0 bridgehead atoms. The Morgan fingerprint density at radius 1 is 1.30 bits per heavy atom. The quantitative estimate of drug-likeness (QED) is 0.575. The molecule has 1 aromatic carbocycles. The monoisotopic (exact) mass is 467 g/mol. The molecule has 1 N–H and O–H groups in total. The molecular weight excluding hydrogens is 446 g/mol. The number of hydrogen-bond donors (Lipinski definition) is 1. The van der Waals surface area contributed by atoms with Gasteiger partial charge < -0.3 is 14.7 Å². The maximum absolute atomic E-state index is 12.6. The van der Waals surface area contributed by atoms with E-state index in [0.717, 1.165) is 45.1 Å². The van der Waals surface area contributed by atoms with Gasteiger partial charge in [0.2, 0.25) is 5.28 Å². The van der Waals surface area contributed by atoms with Crippen molar-refractivity contribution in [2.75, 3.05) is 37.0 Å². The number of aryl methyl sites for hydroxylation is 1. The Morgan fingerprint density at radius 2 is 2.03 bits per heavy atom. The van der Waals surface area contributed by atoms with Crippen molar-refractivity contribution in [1.82, 2.24) is 9.97 Å². The largest absolute Gasteiger partial charge is 0.392 e. The predicted octanol–water partition coefficient (Wildman–Crippen LogP) is 3.31. The normalized spacial score (nSPS) is 16.2. The van der Waals surface area contributed by atoms with Gasteiger partial charge in [0.1, 0.15) is 0 Å². The van der Waals surface area contributed by atoms with Gasteiger partial charge in [0, 0.05) is 18.0 Å². The molecule has 0 saturated carbocycles. The Bertz CT molecular complexity index is 1190. The van der Waals surface area contributed by atoms with E-state index in [-0.39, 0.29) is 15.9 Å². The van der Waals surface area contributed by atoms with Crippen molar-refractivity contribution in [1.29, 1.82) is 0 Å². The zero-order valence-corrected chi connectivity index (χ0v) is 19.0. The van der Waals surface area contributed by atoms with Crippen LogP contribution in [0.2, 0.25) is 5.28 Å². The third-order valence-corrected chi connectivity index (χ3v) is 8.34. The molecule has 1 unspecified atom stereocenters. The van der Waals surface area contributed by atoms with Crippen molar-refractivity contribution in [3.63, 3.8) is 0 Å². The summed E-state index contributed by atoms with van der Waals surface area (Å²) in [4.78, 5) is 12.2. The van der Waals surface area contributed by atoms with Crippen molar-refractivity contribution in [2.45, 2.75) is 24.8 Å². The SMILES string of the molecule is Cc1c(-c2cccc(S(=O)(=O)CC(C)O)c2)sc2c(N3CCOCC3)nc(Cl)nc12. The number of aliphatic hydroxyl groups is 1. The maximum atomic E-state index is 12.6. The average molecular weight is 468 g/mol. The van der Waals surface area contributed by atoms with Gasteiger partial charge in [-0.05, 0) is 48.7 Å². The second-order valence-corrected chi connectivity index (χ2v) is 10.7. The fraction of sp³-hybridized carbons (Fsp3) is 0.400. The van der Waals surface area contributed by atoms with E-state index in [1.807, 2.05) is 13.0 Å². The minimum absolute atomic E-state index is 0.185. The third kappa shape index (κ3) is 4.17. The van der Waals surface area contributed by atoms with E-state index in [2.05, 4.69) is 14.9 Å². The zero-order valence-electron chi connectivity index (χ0n) is 16.6. The number of fused-ring (bicyclic) bond motifs is 1. The summed E-state index contributed by atoms with van der Waals surface area (Å²) in [7, 11) is -3.58. The first-order valence-corrected chi connectivity index (χ1v) is 12.4. The lowest BCUT2D eigenvalue weighted by Gasteiger charge is -2.28. The van der Waals surface area contributed by atoms with Crippen LogP contribution in [0.5, 0.6) is 0 Å². The van der Waals surface area contributed by atoms with Crippen molar-refractivity contribution in [3.05, 3.63) is 35.1 Å². The summed E-state index contributed by atoms with van der Waals surface area (Å²) in [5.41, 5.74) is 2.49. The van der Waals surface area contributed by atoms with Gasteiger partial charge in [0.05, 0.1) is 40.2 Å². The number of rotatable bonds is 5. The van der Waals surface area contributed by atoms with Crippen molar-refractivity contribution < 1.29 is 18.3 Å². The molecule has 1 fully saturated rings. The average Bonchev–Trinajstić information content (AvgIpc) is 3.04. The van der Waals surface area contributed by atoms with Crippen LogP contribution >= 0.6 is 22.9 Å². The van der Waals surface area contributed by atoms with Crippen LogP contribution in [0.25, 0.3) is 20.7 Å². The lowest BCUT2D eigenvalue weighted by atomic mass is 10.1. The summed E-state index contributed by atoms with van der Waals surface area (Å²) in [5.74, 6) is 0.468. The molecule has 4 rings (SSSR count). The highest BCUT2D eigenvalue weighted by atomic mass is 35.5. The van der Waals surface area contributed by atoms with Crippen molar-refractivity contribution >= 4 is 48.8 Å². The number of nitrogens with zero attached hydrogens (tertiary/aromatic N) is 3. The number of aliphatic hydroxyl groups excluding tert-OH is 1. The first-order valence-electron chi connectivity index (χ1n) is 9.57. The number of halogens is 1. The van der Waals surface area contributed by atoms with E-state index >= 15 is 0 Å². The van der Waals surface area contributed by atoms with Gasteiger partial charge in [-0.3, -0.25) is 0 Å². The molecule has 3 aromatic rings. The van der Waals surface area contributed by atoms with E-state index < -0.39 is 15.9 Å². The summed E-state index contributed by atoms with van der Waals surface area (Å²) in [6.45, 7) is 6.13. The number of hydrogen-bond acceptors (Lipinski definition) is 8. The van der Waals surface area contributed by atoms with Gasteiger partial charge in [-0.15, -0.1) is 11.3 Å². The fourth-order valence-electron chi connectivity index (χ4n) is 3.56. The van der Waals surface area contributed by atoms with Crippen molar-refractivity contribution in [2.24, 2.45) is 0 Å². The van der Waals surface area contributed by atoms with E-state index in [9.17, 15) is 13.5 Å². The van der Waals surface area contributed by atoms with Crippen LogP contribution < -0.4 is 4.90 Å². The van der Waals surface area contributed by atoms with Crippen LogP contribution in [0.3, 0.4) is 0 Å². The molecule has 1 saturated heterocycles. The first-order chi connectivity index (χ1) is 14.3. The van der Waals surface area contributed by atoms with Gasteiger partial charge >= 0.3 is 0 Å². The minimum Gasteiger partial charge on any atom is -0.392 e. The summed E-state index contributed by atoms with van der Waals surface area (Å²) < 4.78 is 31.5. The number of sulfone groups is 1. The van der Waals surface area contributed by atoms with Gasteiger partial charge in [0.25, 0.3) is 0 Å². The number of thiophene rings is 1. The molecule has 0 amide bonds. The lowest BCUT2D eigenvalue weighted by Crippen LogP contribution is -2.36. The molecule has 160 valence electrons. The Morgan fingerprint density at radius 3 is 2.73 bits per heavy atom. The minimum atomic E-state index is -3.58. The van der Waals surface area contributed by atoms with Gasteiger partial charge in [0.15, 0.2) is 15.7 Å². The van der Waals surface area contributed by atoms with Gasteiger partial charge in [-0.2, -0.15) is 4.98 Å². The Hall–Kier alpha value is -1.78. The Labute approximate surface area is 184 Å². The molecule has 10 heteroatoms. The maximum Gasteiger partial charge on any atom is 0.224 e. The smallest absolute Gasteiger partial charge is 0.224 e. The van der Waals surface area contributed by atoms with Gasteiger partial charge in [-0.1, -0.05) is 12.1 Å². The number of ether oxygens (including phenoxy) is 1. The highest BCUT2D eigenvalue weighted by molar-refractivity contribution is 7.91. The second kappa shape index (κ2) is 8.39. The number of benzene rings is 1. The highest BCUT2D eigenvalue weighted by Gasteiger charge is 2.23. The van der Waals surface area contributed by atoms with E-state index in [4.69, 9.17) is 16.3 Å². The van der Waals surface area contributed by atoms with Crippen LogP contribution in [0, 0.1) is 6.92 Å². The first kappa shape index (κ1) is 21.5. The van der Waals surface area contributed by atoms with Crippen LogP contribution in [0.4, 0.5) is 5.82 Å². The topological polar surface area (TPSA) is 92.6 Å². The molecule has 1 atom stereocenters. The van der Waals surface area contributed by atoms with Crippen LogP contribution in [0.1, 0.15) is 12.5 Å². The standard InChI is InChI=1S/C20H22ClN3O4S2/c1-12(25)11-30(26,27)15-5-3-4-14(10-15)17-13(2)16-18(29-17)19(23-20(21)22-16)24-6-8-28-9-7-24/h3-5,10,12,25H,6-9,11H2,1-2H3. The molecule has 3 heterocycles. The molecule has 0 spiro atoms. The molecular formula is C20H22ClN3O4S2.